The van der Waals surface area contributed by atoms with Crippen molar-refractivity contribution in [2.24, 2.45) is 0 Å². The lowest BCUT2D eigenvalue weighted by atomic mass is 10.0. The number of benzene rings is 2. The van der Waals surface area contributed by atoms with Crippen molar-refractivity contribution in [3.05, 3.63) is 54.1 Å². The molecule has 0 bridgehead atoms. The number of rotatable bonds is 3. The van der Waals surface area contributed by atoms with E-state index in [1.807, 2.05) is 12.1 Å². The fraction of sp³-hybridized carbons (Fsp3) is 0.368. The number of hydrogen-bond donors (Lipinski definition) is 1. The van der Waals surface area contributed by atoms with Crippen LogP contribution in [-0.4, -0.2) is 26.2 Å². The zero-order valence-corrected chi connectivity index (χ0v) is 13.5. The van der Waals surface area contributed by atoms with E-state index in [9.17, 15) is 0 Å². The molecule has 3 nitrogen and oxygen atoms in total. The molecule has 3 rings (SSSR count). The van der Waals surface area contributed by atoms with Gasteiger partial charge >= 0.3 is 0 Å². The molecule has 116 valence electrons. The highest BCUT2D eigenvalue weighted by Gasteiger charge is 2.17. The first-order chi connectivity index (χ1) is 10.6. The topological polar surface area (TPSA) is 32.5 Å². The van der Waals surface area contributed by atoms with Crippen LogP contribution in [0.5, 0.6) is 0 Å². The van der Waals surface area contributed by atoms with E-state index < -0.39 is 0 Å². The molecule has 0 radical (unpaired) electrons. The highest BCUT2D eigenvalue weighted by Crippen LogP contribution is 2.23. The number of anilines is 3. The van der Waals surface area contributed by atoms with Crippen LogP contribution in [-0.2, 0) is 0 Å². The molecule has 2 N–H and O–H groups in total. The maximum Gasteiger partial charge on any atom is 0.0368 e. The Balaban J connectivity index is 1.62. The number of nitrogens with two attached hydrogens (primary N) is 1. The molecule has 3 heteroatoms. The molecule has 0 atom stereocenters. The Bertz CT molecular complexity index is 594. The minimum Gasteiger partial charge on any atom is -0.399 e. The first-order valence-electron chi connectivity index (χ1n) is 8.09. The van der Waals surface area contributed by atoms with Crippen molar-refractivity contribution in [2.45, 2.75) is 19.8 Å². The summed E-state index contributed by atoms with van der Waals surface area (Å²) in [6, 6.07) is 17.2. The average molecular weight is 295 g/mol. The predicted octanol–water partition coefficient (Wildman–Crippen LogP) is 3.72. The Morgan fingerprint density at radius 2 is 1.14 bits per heavy atom. The van der Waals surface area contributed by atoms with E-state index in [0.29, 0.717) is 5.92 Å². The van der Waals surface area contributed by atoms with Crippen molar-refractivity contribution in [3.63, 3.8) is 0 Å². The van der Waals surface area contributed by atoms with E-state index in [0.717, 1.165) is 31.9 Å². The summed E-state index contributed by atoms with van der Waals surface area (Å²) < 4.78 is 0. The van der Waals surface area contributed by atoms with Gasteiger partial charge in [0, 0.05) is 43.2 Å². The lowest BCUT2D eigenvalue weighted by molar-refractivity contribution is 0.653. The standard InChI is InChI=1S/C19H25N3/c1-15(2)16-3-7-18(8-4-16)21-11-13-22(14-12-21)19-9-5-17(20)6-10-19/h3-10,15H,11-14,20H2,1-2H3. The minimum atomic E-state index is 0.594. The first kappa shape index (κ1) is 14.8. The number of hydrogen-bond acceptors (Lipinski definition) is 3. The molecule has 0 saturated carbocycles. The van der Waals surface area contributed by atoms with E-state index in [2.05, 4.69) is 60.0 Å². The molecule has 1 fully saturated rings. The van der Waals surface area contributed by atoms with E-state index in [1.54, 1.807) is 0 Å². The SMILES string of the molecule is CC(C)c1ccc(N2CCN(c3ccc(N)cc3)CC2)cc1. The summed E-state index contributed by atoms with van der Waals surface area (Å²) in [5.74, 6) is 0.594. The lowest BCUT2D eigenvalue weighted by Crippen LogP contribution is -2.46. The summed E-state index contributed by atoms with van der Waals surface area (Å²) in [5, 5.41) is 0. The molecular weight excluding hydrogens is 270 g/mol. The van der Waals surface area contributed by atoms with Gasteiger partial charge in [-0.3, -0.25) is 0 Å². The molecule has 0 aliphatic carbocycles. The Kier molecular flexibility index (Phi) is 4.23. The van der Waals surface area contributed by atoms with Crippen LogP contribution in [0.1, 0.15) is 25.3 Å². The fourth-order valence-electron chi connectivity index (χ4n) is 2.98. The average Bonchev–Trinajstić information content (AvgIpc) is 2.56. The van der Waals surface area contributed by atoms with Crippen LogP contribution in [0.25, 0.3) is 0 Å². The second kappa shape index (κ2) is 6.30. The molecule has 0 unspecified atom stereocenters. The molecular formula is C19H25N3. The molecule has 22 heavy (non-hydrogen) atoms. The normalized spacial score (nSPS) is 15.4. The summed E-state index contributed by atoms with van der Waals surface area (Å²) in [6.07, 6.45) is 0. The molecule has 2 aromatic carbocycles. The second-order valence-electron chi connectivity index (χ2n) is 6.31. The maximum atomic E-state index is 5.76. The monoisotopic (exact) mass is 295 g/mol. The Hall–Kier alpha value is -2.16. The third kappa shape index (κ3) is 3.19. The van der Waals surface area contributed by atoms with E-state index in [1.165, 1.54) is 16.9 Å². The van der Waals surface area contributed by atoms with Gasteiger partial charge in [-0.25, -0.2) is 0 Å². The minimum absolute atomic E-state index is 0.594. The van der Waals surface area contributed by atoms with Crippen molar-refractivity contribution in [1.82, 2.24) is 0 Å². The van der Waals surface area contributed by atoms with Gasteiger partial charge in [0.1, 0.15) is 0 Å². The van der Waals surface area contributed by atoms with E-state index >= 15 is 0 Å². The summed E-state index contributed by atoms with van der Waals surface area (Å²) in [5.41, 5.74) is 10.6. The lowest BCUT2D eigenvalue weighted by Gasteiger charge is -2.37. The maximum absolute atomic E-state index is 5.76. The van der Waals surface area contributed by atoms with Crippen LogP contribution in [0.2, 0.25) is 0 Å². The smallest absolute Gasteiger partial charge is 0.0368 e. The van der Waals surface area contributed by atoms with Crippen LogP contribution in [0.3, 0.4) is 0 Å². The van der Waals surface area contributed by atoms with Crippen molar-refractivity contribution < 1.29 is 0 Å². The quantitative estimate of drug-likeness (QED) is 0.876. The molecule has 1 heterocycles. The third-order valence-corrected chi connectivity index (χ3v) is 4.46. The van der Waals surface area contributed by atoms with Crippen LogP contribution >= 0.6 is 0 Å². The van der Waals surface area contributed by atoms with E-state index in [-0.39, 0.29) is 0 Å². The van der Waals surface area contributed by atoms with Gasteiger partial charge in [0.2, 0.25) is 0 Å². The number of piperazine rings is 1. The van der Waals surface area contributed by atoms with Gasteiger partial charge in [-0.2, -0.15) is 0 Å². The Morgan fingerprint density at radius 1 is 0.727 bits per heavy atom. The molecule has 2 aromatic rings. The highest BCUT2D eigenvalue weighted by atomic mass is 15.3. The molecule has 0 amide bonds. The molecule has 1 aliphatic heterocycles. The van der Waals surface area contributed by atoms with Gasteiger partial charge < -0.3 is 15.5 Å². The third-order valence-electron chi connectivity index (χ3n) is 4.46. The summed E-state index contributed by atoms with van der Waals surface area (Å²) in [6.45, 7) is 8.70. The predicted molar refractivity (Wildman–Crippen MR) is 95.8 cm³/mol. The van der Waals surface area contributed by atoms with Crippen molar-refractivity contribution >= 4 is 17.1 Å². The molecule has 0 spiro atoms. The Morgan fingerprint density at radius 3 is 1.55 bits per heavy atom. The largest absolute Gasteiger partial charge is 0.399 e. The van der Waals surface area contributed by atoms with Gasteiger partial charge in [0.05, 0.1) is 0 Å². The summed E-state index contributed by atoms with van der Waals surface area (Å²) >= 11 is 0. The Labute approximate surface area is 133 Å². The van der Waals surface area contributed by atoms with Gasteiger partial charge in [0.15, 0.2) is 0 Å². The van der Waals surface area contributed by atoms with Gasteiger partial charge in [0.25, 0.3) is 0 Å². The van der Waals surface area contributed by atoms with Gasteiger partial charge in [-0.05, 0) is 47.9 Å². The molecule has 0 aromatic heterocycles. The summed E-state index contributed by atoms with van der Waals surface area (Å²) in [7, 11) is 0. The van der Waals surface area contributed by atoms with Gasteiger partial charge in [-0.1, -0.05) is 26.0 Å². The van der Waals surface area contributed by atoms with E-state index in [4.69, 9.17) is 5.73 Å². The highest BCUT2D eigenvalue weighted by molar-refractivity contribution is 5.55. The van der Waals surface area contributed by atoms with Crippen molar-refractivity contribution in [1.29, 1.82) is 0 Å². The van der Waals surface area contributed by atoms with Gasteiger partial charge in [-0.15, -0.1) is 0 Å². The van der Waals surface area contributed by atoms with Crippen LogP contribution in [0.15, 0.2) is 48.5 Å². The molecule has 1 aliphatic rings. The number of nitrogens with zero attached hydrogens (tertiary/aromatic N) is 2. The zero-order chi connectivity index (χ0) is 15.5. The van der Waals surface area contributed by atoms with Crippen LogP contribution < -0.4 is 15.5 Å². The number of nitrogen functional groups attached to an aromatic ring is 1. The van der Waals surface area contributed by atoms with Crippen LogP contribution in [0.4, 0.5) is 17.1 Å². The zero-order valence-electron chi connectivity index (χ0n) is 13.5. The molecule has 1 saturated heterocycles. The van der Waals surface area contributed by atoms with Crippen molar-refractivity contribution in [2.75, 3.05) is 41.7 Å². The van der Waals surface area contributed by atoms with Crippen LogP contribution in [0, 0.1) is 0 Å². The fourth-order valence-corrected chi connectivity index (χ4v) is 2.98. The second-order valence-corrected chi connectivity index (χ2v) is 6.31. The van der Waals surface area contributed by atoms with Crippen molar-refractivity contribution in [3.8, 4) is 0 Å². The first-order valence-corrected chi connectivity index (χ1v) is 8.09. The summed E-state index contributed by atoms with van der Waals surface area (Å²) in [4.78, 5) is 4.90.